The predicted octanol–water partition coefficient (Wildman–Crippen LogP) is 3.67. The first kappa shape index (κ1) is 18.6. The van der Waals surface area contributed by atoms with Crippen molar-refractivity contribution in [3.05, 3.63) is 65.7 Å². The summed E-state index contributed by atoms with van der Waals surface area (Å²) in [4.78, 5) is 29.7. The van der Waals surface area contributed by atoms with Gasteiger partial charge in [-0.05, 0) is 43.0 Å². The number of anilines is 1. The molecule has 0 aliphatic carbocycles. The summed E-state index contributed by atoms with van der Waals surface area (Å²) in [5, 5.41) is 5.76. The second-order valence-electron chi connectivity index (χ2n) is 6.95. The lowest BCUT2D eigenvalue weighted by molar-refractivity contribution is 0.0941. The molecule has 0 saturated carbocycles. The first-order valence-corrected chi connectivity index (χ1v) is 9.09. The third kappa shape index (κ3) is 4.16. The standard InChI is InChI=1S/C21H24N4O2/c1-14(2)11-12-22-21(27)19-24-18(17-10-6-7-13-25(17)19)20(26)23-16-9-5-4-8-15(16)3/h4-10,13-14H,11-12H2,1-3H3,(H,22,27)(H,23,26). The van der Waals surface area contributed by atoms with E-state index in [0.29, 0.717) is 18.0 Å². The summed E-state index contributed by atoms with van der Waals surface area (Å²) in [5.74, 6) is 0.0862. The van der Waals surface area contributed by atoms with E-state index in [-0.39, 0.29) is 23.3 Å². The lowest BCUT2D eigenvalue weighted by atomic mass is 10.1. The molecule has 0 aliphatic rings. The minimum atomic E-state index is -0.339. The van der Waals surface area contributed by atoms with E-state index in [9.17, 15) is 9.59 Å². The number of fused-ring (bicyclic) bond motifs is 1. The largest absolute Gasteiger partial charge is 0.349 e. The van der Waals surface area contributed by atoms with Gasteiger partial charge in [-0.15, -0.1) is 0 Å². The van der Waals surface area contributed by atoms with Crippen molar-refractivity contribution in [1.82, 2.24) is 14.7 Å². The zero-order valence-electron chi connectivity index (χ0n) is 15.8. The molecule has 2 amide bonds. The normalized spacial score (nSPS) is 11.0. The van der Waals surface area contributed by atoms with Crippen LogP contribution in [0.3, 0.4) is 0 Å². The van der Waals surface area contributed by atoms with Gasteiger partial charge in [-0.25, -0.2) is 4.98 Å². The average molecular weight is 364 g/mol. The maximum atomic E-state index is 12.8. The lowest BCUT2D eigenvalue weighted by Crippen LogP contribution is -2.27. The summed E-state index contributed by atoms with van der Waals surface area (Å²) >= 11 is 0. The molecule has 6 nitrogen and oxygen atoms in total. The van der Waals surface area contributed by atoms with Crippen molar-refractivity contribution in [2.45, 2.75) is 27.2 Å². The number of aromatic nitrogens is 2. The molecule has 3 aromatic rings. The topological polar surface area (TPSA) is 75.5 Å². The van der Waals surface area contributed by atoms with Gasteiger partial charge in [0.15, 0.2) is 5.69 Å². The van der Waals surface area contributed by atoms with Crippen molar-refractivity contribution in [3.63, 3.8) is 0 Å². The number of carbonyl (C=O) groups is 2. The average Bonchev–Trinajstić information content (AvgIpc) is 3.03. The van der Waals surface area contributed by atoms with Crippen molar-refractivity contribution in [1.29, 1.82) is 0 Å². The van der Waals surface area contributed by atoms with Crippen LogP contribution in [0.25, 0.3) is 5.52 Å². The molecule has 0 unspecified atom stereocenters. The molecule has 2 aromatic heterocycles. The number of aryl methyl sites for hydroxylation is 1. The molecule has 140 valence electrons. The molecular weight excluding hydrogens is 340 g/mol. The molecule has 6 heteroatoms. The van der Waals surface area contributed by atoms with Crippen LogP contribution < -0.4 is 10.6 Å². The summed E-state index contributed by atoms with van der Waals surface area (Å²) in [5.41, 5.74) is 2.51. The summed E-state index contributed by atoms with van der Waals surface area (Å²) in [6, 6.07) is 13.0. The smallest absolute Gasteiger partial charge is 0.287 e. The molecule has 2 N–H and O–H groups in total. The highest BCUT2D eigenvalue weighted by molar-refractivity contribution is 6.09. The fourth-order valence-electron chi connectivity index (χ4n) is 2.81. The molecule has 2 heterocycles. The summed E-state index contributed by atoms with van der Waals surface area (Å²) in [6.07, 6.45) is 2.62. The van der Waals surface area contributed by atoms with Gasteiger partial charge < -0.3 is 10.6 Å². The highest BCUT2D eigenvalue weighted by Gasteiger charge is 2.21. The van der Waals surface area contributed by atoms with Crippen molar-refractivity contribution in [3.8, 4) is 0 Å². The number of nitrogens with zero attached hydrogens (tertiary/aromatic N) is 2. The molecular formula is C21H24N4O2. The third-order valence-electron chi connectivity index (χ3n) is 4.37. The molecule has 0 bridgehead atoms. The molecule has 1 aromatic carbocycles. The SMILES string of the molecule is Cc1ccccc1NC(=O)c1nc(C(=O)NCCC(C)C)n2ccccc12. The number of pyridine rings is 1. The fourth-order valence-corrected chi connectivity index (χ4v) is 2.81. The Hall–Kier alpha value is -3.15. The number of amides is 2. The minimum absolute atomic E-state index is 0.212. The van der Waals surface area contributed by atoms with Crippen molar-refractivity contribution < 1.29 is 9.59 Å². The van der Waals surface area contributed by atoms with E-state index in [1.54, 1.807) is 16.7 Å². The Morgan fingerprint density at radius 2 is 1.81 bits per heavy atom. The number of rotatable bonds is 6. The molecule has 0 aliphatic heterocycles. The molecule has 27 heavy (non-hydrogen) atoms. The number of imidazole rings is 1. The van der Waals surface area contributed by atoms with Gasteiger partial charge in [-0.2, -0.15) is 0 Å². The van der Waals surface area contributed by atoms with Crippen LogP contribution in [-0.4, -0.2) is 27.7 Å². The van der Waals surface area contributed by atoms with Gasteiger partial charge in [0, 0.05) is 18.4 Å². The van der Waals surface area contributed by atoms with Crippen molar-refractivity contribution in [2.24, 2.45) is 5.92 Å². The highest BCUT2D eigenvalue weighted by Crippen LogP contribution is 2.18. The Bertz CT molecular complexity index is 975. The van der Waals surface area contributed by atoms with E-state index in [2.05, 4.69) is 29.5 Å². The van der Waals surface area contributed by atoms with Gasteiger partial charge in [0.1, 0.15) is 0 Å². The number of hydrogen-bond acceptors (Lipinski definition) is 3. The van der Waals surface area contributed by atoms with Crippen LogP contribution in [-0.2, 0) is 0 Å². The minimum Gasteiger partial charge on any atom is -0.349 e. The Balaban J connectivity index is 1.89. The molecule has 0 saturated heterocycles. The molecule has 3 rings (SSSR count). The Morgan fingerprint density at radius 1 is 1.07 bits per heavy atom. The number of para-hydroxylation sites is 1. The maximum absolute atomic E-state index is 12.8. The fraction of sp³-hybridized carbons (Fsp3) is 0.286. The second kappa shape index (κ2) is 8.03. The van der Waals surface area contributed by atoms with Gasteiger partial charge in [0.25, 0.3) is 11.8 Å². The van der Waals surface area contributed by atoms with Crippen LogP contribution in [0.15, 0.2) is 48.7 Å². The van der Waals surface area contributed by atoms with Crippen LogP contribution >= 0.6 is 0 Å². The van der Waals surface area contributed by atoms with Crippen LogP contribution in [0.5, 0.6) is 0 Å². The quantitative estimate of drug-likeness (QED) is 0.701. The molecule has 0 atom stereocenters. The zero-order valence-corrected chi connectivity index (χ0v) is 15.8. The van der Waals surface area contributed by atoms with E-state index in [0.717, 1.165) is 17.7 Å². The van der Waals surface area contributed by atoms with E-state index in [4.69, 9.17) is 0 Å². The summed E-state index contributed by atoms with van der Waals surface area (Å²) in [6.45, 7) is 6.70. The third-order valence-corrected chi connectivity index (χ3v) is 4.37. The Kier molecular flexibility index (Phi) is 5.54. The first-order chi connectivity index (χ1) is 13.0. The maximum Gasteiger partial charge on any atom is 0.287 e. The second-order valence-corrected chi connectivity index (χ2v) is 6.95. The van der Waals surface area contributed by atoms with Gasteiger partial charge >= 0.3 is 0 Å². The number of carbonyl (C=O) groups excluding carboxylic acids is 2. The van der Waals surface area contributed by atoms with Crippen LogP contribution in [0.4, 0.5) is 5.69 Å². The van der Waals surface area contributed by atoms with Crippen LogP contribution in [0.2, 0.25) is 0 Å². The van der Waals surface area contributed by atoms with Crippen LogP contribution in [0.1, 0.15) is 46.9 Å². The van der Waals surface area contributed by atoms with Gasteiger partial charge in [-0.3, -0.25) is 14.0 Å². The van der Waals surface area contributed by atoms with E-state index >= 15 is 0 Å². The van der Waals surface area contributed by atoms with E-state index in [1.165, 1.54) is 0 Å². The monoisotopic (exact) mass is 364 g/mol. The number of hydrogen-bond donors (Lipinski definition) is 2. The Labute approximate surface area is 158 Å². The van der Waals surface area contributed by atoms with E-state index in [1.807, 2.05) is 43.3 Å². The van der Waals surface area contributed by atoms with E-state index < -0.39 is 0 Å². The van der Waals surface area contributed by atoms with Crippen LogP contribution in [0, 0.1) is 12.8 Å². The predicted molar refractivity (Wildman–Crippen MR) is 106 cm³/mol. The summed E-state index contributed by atoms with van der Waals surface area (Å²) < 4.78 is 1.65. The molecule has 0 fully saturated rings. The number of benzene rings is 1. The van der Waals surface area contributed by atoms with Crippen molar-refractivity contribution >= 4 is 23.0 Å². The first-order valence-electron chi connectivity index (χ1n) is 9.09. The van der Waals surface area contributed by atoms with Crippen molar-refractivity contribution in [2.75, 3.05) is 11.9 Å². The van der Waals surface area contributed by atoms with Gasteiger partial charge in [0.05, 0.1) is 5.52 Å². The molecule has 0 spiro atoms. The Morgan fingerprint density at radius 3 is 2.56 bits per heavy atom. The highest BCUT2D eigenvalue weighted by atomic mass is 16.2. The summed E-state index contributed by atoms with van der Waals surface area (Å²) in [7, 11) is 0. The van der Waals surface area contributed by atoms with Gasteiger partial charge in [0.2, 0.25) is 5.82 Å². The van der Waals surface area contributed by atoms with Gasteiger partial charge in [-0.1, -0.05) is 38.1 Å². The number of nitrogens with one attached hydrogen (secondary N) is 2. The lowest BCUT2D eigenvalue weighted by Gasteiger charge is -2.06. The zero-order chi connectivity index (χ0) is 19.4. The molecule has 0 radical (unpaired) electrons.